The molecule has 0 aromatic heterocycles. The quantitative estimate of drug-likeness (QED) is 0.560. The van der Waals surface area contributed by atoms with E-state index in [0.29, 0.717) is 6.04 Å². The van der Waals surface area contributed by atoms with Crippen molar-refractivity contribution in [1.82, 2.24) is 4.90 Å². The Hall–Kier alpha value is -0.790. The first kappa shape index (κ1) is 5.96. The number of fused-ring (bicyclic) bond motifs is 1. The highest BCUT2D eigenvalue weighted by atomic mass is 15.2. The molecule has 2 nitrogen and oxygen atoms in total. The standard InChI is InChI=1S/C8H12N2/c1-2-4-10-5-3-9-7-6-8(7)10/h3,5,8H,2,4,6H2,1H3. The van der Waals surface area contributed by atoms with Gasteiger partial charge >= 0.3 is 0 Å². The van der Waals surface area contributed by atoms with Crippen LogP contribution >= 0.6 is 0 Å². The third-order valence-electron chi connectivity index (χ3n) is 2.01. The van der Waals surface area contributed by atoms with Crippen molar-refractivity contribution in [3.63, 3.8) is 0 Å². The van der Waals surface area contributed by atoms with E-state index in [9.17, 15) is 0 Å². The zero-order chi connectivity index (χ0) is 6.97. The second-order valence-electron chi connectivity index (χ2n) is 2.88. The highest BCUT2D eigenvalue weighted by Gasteiger charge is 2.36. The van der Waals surface area contributed by atoms with Crippen molar-refractivity contribution < 1.29 is 0 Å². The topological polar surface area (TPSA) is 15.6 Å². The lowest BCUT2D eigenvalue weighted by Crippen LogP contribution is -2.23. The summed E-state index contributed by atoms with van der Waals surface area (Å²) in [4.78, 5) is 6.61. The first-order chi connectivity index (χ1) is 4.92. The Morgan fingerprint density at radius 2 is 2.70 bits per heavy atom. The lowest BCUT2D eigenvalue weighted by molar-refractivity contribution is 0.379. The van der Waals surface area contributed by atoms with E-state index in [0.717, 1.165) is 0 Å². The highest BCUT2D eigenvalue weighted by Crippen LogP contribution is 2.27. The fourth-order valence-electron chi connectivity index (χ4n) is 1.39. The van der Waals surface area contributed by atoms with Gasteiger partial charge in [0.25, 0.3) is 0 Å². The predicted octanol–water partition coefficient (Wildman–Crippen LogP) is 1.40. The summed E-state index contributed by atoms with van der Waals surface area (Å²) in [6, 6.07) is 0.685. The number of rotatable bonds is 2. The fraction of sp³-hybridized carbons (Fsp3) is 0.625. The van der Waals surface area contributed by atoms with E-state index < -0.39 is 0 Å². The summed E-state index contributed by atoms with van der Waals surface area (Å²) in [6.07, 6.45) is 6.44. The van der Waals surface area contributed by atoms with Crippen LogP contribution in [-0.4, -0.2) is 23.2 Å². The maximum atomic E-state index is 4.23. The maximum absolute atomic E-state index is 4.23. The lowest BCUT2D eigenvalue weighted by atomic mass is 10.4. The molecule has 2 aliphatic rings. The molecule has 0 spiro atoms. The Balaban J connectivity index is 2.00. The van der Waals surface area contributed by atoms with Gasteiger partial charge in [-0.15, -0.1) is 0 Å². The zero-order valence-corrected chi connectivity index (χ0v) is 6.25. The minimum absolute atomic E-state index is 0.685. The Morgan fingerprint density at radius 3 is 3.50 bits per heavy atom. The van der Waals surface area contributed by atoms with Gasteiger partial charge in [-0.3, -0.25) is 4.99 Å². The molecule has 54 valence electrons. The Labute approximate surface area is 61.2 Å². The van der Waals surface area contributed by atoms with E-state index >= 15 is 0 Å². The van der Waals surface area contributed by atoms with Crippen LogP contribution in [0.2, 0.25) is 0 Å². The van der Waals surface area contributed by atoms with E-state index in [2.05, 4.69) is 23.0 Å². The van der Waals surface area contributed by atoms with Gasteiger partial charge in [-0.25, -0.2) is 0 Å². The SMILES string of the molecule is CCCN1C=CN=C2CC21. The van der Waals surface area contributed by atoms with Crippen LogP contribution in [0.4, 0.5) is 0 Å². The molecule has 0 N–H and O–H groups in total. The van der Waals surface area contributed by atoms with Crippen molar-refractivity contribution in [2.75, 3.05) is 6.54 Å². The van der Waals surface area contributed by atoms with Crippen molar-refractivity contribution in [2.24, 2.45) is 4.99 Å². The first-order valence-corrected chi connectivity index (χ1v) is 3.91. The van der Waals surface area contributed by atoms with Crippen LogP contribution < -0.4 is 0 Å². The fourth-order valence-corrected chi connectivity index (χ4v) is 1.39. The van der Waals surface area contributed by atoms with E-state index in [1.54, 1.807) is 0 Å². The molecule has 1 heterocycles. The van der Waals surface area contributed by atoms with Crippen molar-refractivity contribution >= 4 is 5.71 Å². The Kier molecular flexibility index (Phi) is 1.26. The molecule has 1 unspecified atom stereocenters. The van der Waals surface area contributed by atoms with Crippen LogP contribution in [0.25, 0.3) is 0 Å². The summed E-state index contributed by atoms with van der Waals surface area (Å²) in [5.41, 5.74) is 1.37. The van der Waals surface area contributed by atoms with Crippen LogP contribution in [0.3, 0.4) is 0 Å². The third kappa shape index (κ3) is 0.838. The summed E-state index contributed by atoms with van der Waals surface area (Å²) in [5.74, 6) is 0. The van der Waals surface area contributed by atoms with Crippen molar-refractivity contribution in [3.8, 4) is 0 Å². The van der Waals surface area contributed by atoms with Crippen molar-refractivity contribution in [3.05, 3.63) is 12.4 Å². The maximum Gasteiger partial charge on any atom is 0.0723 e. The van der Waals surface area contributed by atoms with E-state index in [-0.39, 0.29) is 0 Å². The number of hydrogen-bond acceptors (Lipinski definition) is 2. The van der Waals surface area contributed by atoms with E-state index in [1.807, 2.05) is 6.20 Å². The molecule has 2 heteroatoms. The van der Waals surface area contributed by atoms with Crippen LogP contribution in [-0.2, 0) is 0 Å². The van der Waals surface area contributed by atoms with Crippen LogP contribution in [0.5, 0.6) is 0 Å². The molecule has 1 aliphatic carbocycles. The molecule has 1 aliphatic heterocycles. The molecule has 1 atom stereocenters. The summed E-state index contributed by atoms with van der Waals surface area (Å²) >= 11 is 0. The normalized spacial score (nSPS) is 27.9. The van der Waals surface area contributed by atoms with Gasteiger partial charge in [-0.2, -0.15) is 0 Å². The smallest absolute Gasteiger partial charge is 0.0723 e. The van der Waals surface area contributed by atoms with Gasteiger partial charge in [-0.1, -0.05) is 6.92 Å². The van der Waals surface area contributed by atoms with Crippen molar-refractivity contribution in [1.29, 1.82) is 0 Å². The third-order valence-corrected chi connectivity index (χ3v) is 2.01. The van der Waals surface area contributed by atoms with Gasteiger partial charge in [0.05, 0.1) is 6.04 Å². The monoisotopic (exact) mass is 136 g/mol. The minimum atomic E-state index is 0.685. The summed E-state index contributed by atoms with van der Waals surface area (Å²) < 4.78 is 0. The molecule has 0 saturated heterocycles. The summed E-state index contributed by atoms with van der Waals surface area (Å²) in [6.45, 7) is 3.39. The van der Waals surface area contributed by atoms with Crippen molar-refractivity contribution in [2.45, 2.75) is 25.8 Å². The largest absolute Gasteiger partial charge is 0.367 e. The molecule has 1 saturated carbocycles. The van der Waals surface area contributed by atoms with E-state index in [1.165, 1.54) is 25.1 Å². The Morgan fingerprint density at radius 1 is 1.80 bits per heavy atom. The molecule has 0 radical (unpaired) electrons. The molecule has 0 amide bonds. The van der Waals surface area contributed by atoms with Gasteiger partial charge < -0.3 is 4.90 Å². The van der Waals surface area contributed by atoms with Gasteiger partial charge in [0, 0.05) is 31.1 Å². The van der Waals surface area contributed by atoms with Gasteiger partial charge in [0.1, 0.15) is 0 Å². The van der Waals surface area contributed by atoms with E-state index in [4.69, 9.17) is 0 Å². The summed E-state index contributed by atoms with van der Waals surface area (Å²) in [7, 11) is 0. The predicted molar refractivity (Wildman–Crippen MR) is 42.0 cm³/mol. The molecular weight excluding hydrogens is 124 g/mol. The molecular formula is C8H12N2. The van der Waals surface area contributed by atoms with Crippen LogP contribution in [0.15, 0.2) is 17.4 Å². The average Bonchev–Trinajstić information content (AvgIpc) is 2.67. The molecule has 0 aromatic rings. The molecule has 0 aromatic carbocycles. The summed E-state index contributed by atoms with van der Waals surface area (Å²) in [5, 5.41) is 0. The second-order valence-corrected chi connectivity index (χ2v) is 2.88. The average molecular weight is 136 g/mol. The number of aliphatic imine (C=N–C) groups is 1. The van der Waals surface area contributed by atoms with Crippen LogP contribution in [0.1, 0.15) is 19.8 Å². The van der Waals surface area contributed by atoms with Gasteiger partial charge in [-0.05, 0) is 6.42 Å². The van der Waals surface area contributed by atoms with Gasteiger partial charge in [0.15, 0.2) is 0 Å². The first-order valence-electron chi connectivity index (χ1n) is 3.91. The zero-order valence-electron chi connectivity index (χ0n) is 6.25. The number of hydrogen-bond donors (Lipinski definition) is 0. The minimum Gasteiger partial charge on any atom is -0.367 e. The molecule has 0 bridgehead atoms. The number of nitrogens with zero attached hydrogens (tertiary/aromatic N) is 2. The molecule has 2 rings (SSSR count). The highest BCUT2D eigenvalue weighted by molar-refractivity contribution is 6.05. The molecule has 1 fully saturated rings. The Bertz CT molecular complexity index is 193. The molecule has 10 heavy (non-hydrogen) atoms. The van der Waals surface area contributed by atoms with Gasteiger partial charge in [0.2, 0.25) is 0 Å². The van der Waals surface area contributed by atoms with Crippen LogP contribution in [0, 0.1) is 0 Å². The lowest BCUT2D eigenvalue weighted by Gasteiger charge is -2.18. The second kappa shape index (κ2) is 2.11.